The van der Waals surface area contributed by atoms with E-state index in [0.717, 1.165) is 16.1 Å². The van der Waals surface area contributed by atoms with Crippen LogP contribution in [0.5, 0.6) is 0 Å². The summed E-state index contributed by atoms with van der Waals surface area (Å²) < 4.78 is 0. The molecule has 88 valence electrons. The van der Waals surface area contributed by atoms with E-state index in [4.69, 9.17) is 0 Å². The molecule has 2 rings (SSSR count). The molecule has 0 radical (unpaired) electrons. The van der Waals surface area contributed by atoms with E-state index in [1.165, 1.54) is 11.3 Å². The van der Waals surface area contributed by atoms with E-state index in [-0.39, 0.29) is 9.92 Å². The first-order valence-electron chi connectivity index (χ1n) is 5.10. The van der Waals surface area contributed by atoms with Crippen molar-refractivity contribution >= 4 is 22.0 Å². The number of rotatable bonds is 3. The average molecular weight is 248 g/mol. The molecule has 0 aliphatic heterocycles. The van der Waals surface area contributed by atoms with Crippen molar-refractivity contribution in [2.45, 2.75) is 0 Å². The molecule has 4 nitrogen and oxygen atoms in total. The summed E-state index contributed by atoms with van der Waals surface area (Å²) in [6.45, 7) is 0. The molecule has 0 saturated carbocycles. The Morgan fingerprint density at radius 1 is 1.12 bits per heavy atom. The molecule has 1 aromatic carbocycles. The summed E-state index contributed by atoms with van der Waals surface area (Å²) in [4.78, 5) is 13.2. The Morgan fingerprint density at radius 3 is 2.24 bits per heavy atom. The van der Waals surface area contributed by atoms with Gasteiger partial charge in [-0.25, -0.2) is 0 Å². The van der Waals surface area contributed by atoms with Crippen molar-refractivity contribution in [3.05, 3.63) is 46.5 Å². The molecule has 17 heavy (non-hydrogen) atoms. The molecule has 5 heteroatoms. The van der Waals surface area contributed by atoms with Gasteiger partial charge in [-0.2, -0.15) is 0 Å². The molecular weight excluding hydrogens is 236 g/mol. The maximum Gasteiger partial charge on any atom is 0.324 e. The van der Waals surface area contributed by atoms with Gasteiger partial charge in [0.1, 0.15) is 0 Å². The number of nitrogens with zero attached hydrogens (tertiary/aromatic N) is 2. The number of anilines is 1. The van der Waals surface area contributed by atoms with Crippen LogP contribution in [0.1, 0.15) is 0 Å². The second-order valence-electron chi connectivity index (χ2n) is 3.84. The Morgan fingerprint density at radius 2 is 1.76 bits per heavy atom. The molecule has 0 fully saturated rings. The maximum atomic E-state index is 10.6. The largest absolute Gasteiger partial charge is 0.378 e. The summed E-state index contributed by atoms with van der Waals surface area (Å²) in [5, 5.41) is 10.8. The molecule has 1 aromatic heterocycles. The summed E-state index contributed by atoms with van der Waals surface area (Å²) in [5.74, 6) is 0. The van der Waals surface area contributed by atoms with E-state index in [2.05, 4.69) is 0 Å². The monoisotopic (exact) mass is 248 g/mol. The van der Waals surface area contributed by atoms with Crippen LogP contribution in [0.25, 0.3) is 10.4 Å². The van der Waals surface area contributed by atoms with Crippen molar-refractivity contribution in [3.8, 4) is 10.4 Å². The lowest BCUT2D eigenvalue weighted by Gasteiger charge is -2.12. The topological polar surface area (TPSA) is 46.4 Å². The van der Waals surface area contributed by atoms with Crippen molar-refractivity contribution in [1.29, 1.82) is 0 Å². The SMILES string of the molecule is CN(C)c1ccc(-c2ccc([N+](=O)[O-])s2)cc1. The highest BCUT2D eigenvalue weighted by Gasteiger charge is 2.10. The lowest BCUT2D eigenvalue weighted by Crippen LogP contribution is -2.07. The molecular formula is C12H12N2O2S. The van der Waals surface area contributed by atoms with E-state index in [1.54, 1.807) is 12.1 Å². The first kappa shape index (κ1) is 11.6. The number of hydrogen-bond acceptors (Lipinski definition) is 4. The molecule has 0 unspecified atom stereocenters. The third-order valence-electron chi connectivity index (χ3n) is 2.44. The highest BCUT2D eigenvalue weighted by atomic mass is 32.1. The third-order valence-corrected chi connectivity index (χ3v) is 3.53. The second-order valence-corrected chi connectivity index (χ2v) is 4.90. The van der Waals surface area contributed by atoms with E-state index in [1.807, 2.05) is 43.3 Å². The van der Waals surface area contributed by atoms with Crippen LogP contribution in [0.15, 0.2) is 36.4 Å². The van der Waals surface area contributed by atoms with Gasteiger partial charge in [0.25, 0.3) is 0 Å². The fourth-order valence-corrected chi connectivity index (χ4v) is 2.33. The Balaban J connectivity index is 2.30. The predicted octanol–water partition coefficient (Wildman–Crippen LogP) is 3.39. The van der Waals surface area contributed by atoms with Crippen LogP contribution in [0, 0.1) is 10.1 Å². The Hall–Kier alpha value is -1.88. The zero-order chi connectivity index (χ0) is 12.4. The molecule has 0 saturated heterocycles. The normalized spacial score (nSPS) is 10.2. The first-order chi connectivity index (χ1) is 8.08. The molecule has 1 heterocycles. The molecule has 0 N–H and O–H groups in total. The highest BCUT2D eigenvalue weighted by Crippen LogP contribution is 2.33. The third kappa shape index (κ3) is 2.45. The molecule has 0 spiro atoms. The van der Waals surface area contributed by atoms with Crippen molar-refractivity contribution in [3.63, 3.8) is 0 Å². The molecule has 2 aromatic rings. The highest BCUT2D eigenvalue weighted by molar-refractivity contribution is 7.18. The Bertz CT molecular complexity index is 532. The first-order valence-corrected chi connectivity index (χ1v) is 5.91. The quantitative estimate of drug-likeness (QED) is 0.618. The molecule has 0 atom stereocenters. The summed E-state index contributed by atoms with van der Waals surface area (Å²) in [7, 11) is 3.95. The fourth-order valence-electron chi connectivity index (χ4n) is 1.50. The summed E-state index contributed by atoms with van der Waals surface area (Å²) in [6.07, 6.45) is 0. The fraction of sp³-hybridized carbons (Fsp3) is 0.167. The predicted molar refractivity (Wildman–Crippen MR) is 70.7 cm³/mol. The van der Waals surface area contributed by atoms with Gasteiger partial charge in [-0.05, 0) is 23.8 Å². The van der Waals surface area contributed by atoms with Gasteiger partial charge in [0.2, 0.25) is 0 Å². The van der Waals surface area contributed by atoms with Crippen LogP contribution < -0.4 is 4.90 Å². The van der Waals surface area contributed by atoms with E-state index < -0.39 is 0 Å². The zero-order valence-electron chi connectivity index (χ0n) is 9.58. The van der Waals surface area contributed by atoms with Crippen LogP contribution in [-0.4, -0.2) is 19.0 Å². The van der Waals surface area contributed by atoms with Crippen LogP contribution in [0.2, 0.25) is 0 Å². The summed E-state index contributed by atoms with van der Waals surface area (Å²) in [6, 6.07) is 11.3. The van der Waals surface area contributed by atoms with E-state index in [9.17, 15) is 10.1 Å². The van der Waals surface area contributed by atoms with Gasteiger partial charge in [0, 0.05) is 30.7 Å². The number of thiophene rings is 1. The van der Waals surface area contributed by atoms with E-state index in [0.29, 0.717) is 0 Å². The Kier molecular flexibility index (Phi) is 3.10. The number of nitro groups is 1. The van der Waals surface area contributed by atoms with Gasteiger partial charge in [-0.1, -0.05) is 23.5 Å². The lowest BCUT2D eigenvalue weighted by molar-refractivity contribution is -0.380. The van der Waals surface area contributed by atoms with Crippen LogP contribution in [-0.2, 0) is 0 Å². The minimum atomic E-state index is -0.359. The van der Waals surface area contributed by atoms with E-state index >= 15 is 0 Å². The maximum absolute atomic E-state index is 10.6. The minimum absolute atomic E-state index is 0.177. The minimum Gasteiger partial charge on any atom is -0.378 e. The van der Waals surface area contributed by atoms with Gasteiger partial charge in [0.05, 0.1) is 4.92 Å². The van der Waals surface area contributed by atoms with Gasteiger partial charge in [0.15, 0.2) is 0 Å². The zero-order valence-corrected chi connectivity index (χ0v) is 10.4. The number of benzene rings is 1. The van der Waals surface area contributed by atoms with Gasteiger partial charge in [-0.15, -0.1) is 0 Å². The molecule has 0 aliphatic rings. The van der Waals surface area contributed by atoms with Gasteiger partial charge < -0.3 is 4.90 Å². The summed E-state index contributed by atoms with van der Waals surface area (Å²) >= 11 is 1.20. The van der Waals surface area contributed by atoms with Gasteiger partial charge in [-0.3, -0.25) is 10.1 Å². The van der Waals surface area contributed by atoms with Crippen LogP contribution >= 0.6 is 11.3 Å². The van der Waals surface area contributed by atoms with Gasteiger partial charge >= 0.3 is 5.00 Å². The molecule has 0 bridgehead atoms. The standard InChI is InChI=1S/C12H12N2O2S/c1-13(2)10-5-3-9(4-6-10)11-7-8-12(17-11)14(15)16/h3-8H,1-2H3. The van der Waals surface area contributed by atoms with Crippen molar-refractivity contribution in [1.82, 2.24) is 0 Å². The average Bonchev–Trinajstić information content (AvgIpc) is 2.78. The van der Waals surface area contributed by atoms with Crippen molar-refractivity contribution in [2.24, 2.45) is 0 Å². The van der Waals surface area contributed by atoms with Crippen LogP contribution in [0.4, 0.5) is 10.7 Å². The molecule has 0 amide bonds. The number of hydrogen-bond donors (Lipinski definition) is 0. The Labute approximate surface area is 103 Å². The lowest BCUT2D eigenvalue weighted by atomic mass is 10.1. The van der Waals surface area contributed by atoms with Crippen molar-refractivity contribution in [2.75, 3.05) is 19.0 Å². The second kappa shape index (κ2) is 4.55. The summed E-state index contributed by atoms with van der Waals surface area (Å²) in [5.41, 5.74) is 2.12. The van der Waals surface area contributed by atoms with Crippen molar-refractivity contribution < 1.29 is 4.92 Å². The smallest absolute Gasteiger partial charge is 0.324 e. The van der Waals surface area contributed by atoms with Crippen LogP contribution in [0.3, 0.4) is 0 Å². The molecule has 0 aliphatic carbocycles.